The molecule has 0 aliphatic heterocycles. The predicted octanol–water partition coefficient (Wildman–Crippen LogP) is 3.12. The van der Waals surface area contributed by atoms with Crippen molar-refractivity contribution in [2.45, 2.75) is 19.4 Å². The molecule has 0 radical (unpaired) electrons. The van der Waals surface area contributed by atoms with E-state index >= 15 is 0 Å². The third-order valence-electron chi connectivity index (χ3n) is 2.36. The van der Waals surface area contributed by atoms with Crippen LogP contribution in [-0.4, -0.2) is 4.98 Å². The summed E-state index contributed by atoms with van der Waals surface area (Å²) in [6.07, 6.45) is 1.94. The van der Waals surface area contributed by atoms with E-state index < -0.39 is 0 Å². The quantitative estimate of drug-likeness (QED) is 0.805. The summed E-state index contributed by atoms with van der Waals surface area (Å²) in [5.41, 5.74) is 8.04. The highest BCUT2D eigenvalue weighted by molar-refractivity contribution is 9.10. The van der Waals surface area contributed by atoms with Gasteiger partial charge in [-0.2, -0.15) is 0 Å². The second-order valence-corrected chi connectivity index (χ2v) is 4.94. The average molecular weight is 253 g/mol. The monoisotopic (exact) mass is 252 g/mol. The van der Waals surface area contributed by atoms with Crippen LogP contribution in [-0.2, 0) is 5.54 Å². The number of nitrogens with two attached hydrogens (primary N) is 1. The van der Waals surface area contributed by atoms with Gasteiger partial charge in [0.25, 0.3) is 0 Å². The van der Waals surface area contributed by atoms with Gasteiger partial charge in [0.05, 0.1) is 5.52 Å². The minimum absolute atomic E-state index is 0.316. The SMILES string of the molecule is CC(C)(N)c1cccc2c(Br)c[nH]c12. The highest BCUT2D eigenvalue weighted by atomic mass is 79.9. The number of halogens is 1. The van der Waals surface area contributed by atoms with E-state index in [0.29, 0.717) is 0 Å². The van der Waals surface area contributed by atoms with Crippen LogP contribution in [0.15, 0.2) is 28.9 Å². The van der Waals surface area contributed by atoms with Crippen LogP contribution in [0.4, 0.5) is 0 Å². The Morgan fingerprint density at radius 2 is 2.07 bits per heavy atom. The molecule has 74 valence electrons. The summed E-state index contributed by atoms with van der Waals surface area (Å²) < 4.78 is 1.08. The highest BCUT2D eigenvalue weighted by Crippen LogP contribution is 2.30. The van der Waals surface area contributed by atoms with Crippen molar-refractivity contribution in [1.29, 1.82) is 0 Å². The van der Waals surface area contributed by atoms with Crippen molar-refractivity contribution >= 4 is 26.8 Å². The van der Waals surface area contributed by atoms with Crippen molar-refractivity contribution in [3.63, 3.8) is 0 Å². The largest absolute Gasteiger partial charge is 0.360 e. The Hall–Kier alpha value is -0.800. The number of benzene rings is 1. The van der Waals surface area contributed by atoms with Crippen molar-refractivity contribution in [2.24, 2.45) is 5.73 Å². The van der Waals surface area contributed by atoms with Gasteiger partial charge >= 0.3 is 0 Å². The Kier molecular flexibility index (Phi) is 2.16. The Morgan fingerprint density at radius 1 is 1.36 bits per heavy atom. The van der Waals surface area contributed by atoms with E-state index in [1.807, 2.05) is 26.1 Å². The van der Waals surface area contributed by atoms with Gasteiger partial charge in [0.15, 0.2) is 0 Å². The van der Waals surface area contributed by atoms with Crippen molar-refractivity contribution in [1.82, 2.24) is 4.98 Å². The smallest absolute Gasteiger partial charge is 0.0516 e. The number of H-pyrrole nitrogens is 1. The molecule has 3 N–H and O–H groups in total. The molecule has 0 spiro atoms. The Bertz CT molecular complexity index is 466. The van der Waals surface area contributed by atoms with Crippen LogP contribution in [0.2, 0.25) is 0 Å². The molecule has 2 nitrogen and oxygen atoms in total. The molecule has 2 aromatic rings. The van der Waals surface area contributed by atoms with Crippen LogP contribution in [0.25, 0.3) is 10.9 Å². The molecule has 0 saturated carbocycles. The lowest BCUT2D eigenvalue weighted by molar-refractivity contribution is 0.559. The molecule has 2 rings (SSSR count). The third kappa shape index (κ3) is 1.47. The number of hydrogen-bond acceptors (Lipinski definition) is 1. The fourth-order valence-electron chi connectivity index (χ4n) is 1.66. The highest BCUT2D eigenvalue weighted by Gasteiger charge is 2.18. The van der Waals surface area contributed by atoms with E-state index in [2.05, 4.69) is 33.0 Å². The first-order chi connectivity index (χ1) is 6.50. The van der Waals surface area contributed by atoms with Gasteiger partial charge in [-0.15, -0.1) is 0 Å². The zero-order valence-corrected chi connectivity index (χ0v) is 9.85. The van der Waals surface area contributed by atoms with Crippen LogP contribution in [0.3, 0.4) is 0 Å². The normalized spacial score (nSPS) is 12.3. The lowest BCUT2D eigenvalue weighted by atomic mass is 9.94. The summed E-state index contributed by atoms with van der Waals surface area (Å²) in [5, 5.41) is 1.18. The van der Waals surface area contributed by atoms with E-state index in [0.717, 1.165) is 15.6 Å². The molecule has 3 heteroatoms. The molecule has 0 aliphatic rings. The second kappa shape index (κ2) is 3.11. The average Bonchev–Trinajstić information content (AvgIpc) is 2.46. The van der Waals surface area contributed by atoms with E-state index in [4.69, 9.17) is 5.73 Å². The van der Waals surface area contributed by atoms with Gasteiger partial charge in [-0.05, 0) is 35.3 Å². The molecule has 0 unspecified atom stereocenters. The summed E-state index contributed by atoms with van der Waals surface area (Å²) in [4.78, 5) is 3.24. The van der Waals surface area contributed by atoms with Gasteiger partial charge in [-0.3, -0.25) is 0 Å². The van der Waals surface area contributed by atoms with Gasteiger partial charge in [0, 0.05) is 21.6 Å². The number of hydrogen-bond donors (Lipinski definition) is 2. The number of aromatic amines is 1. The summed E-state index contributed by atoms with van der Waals surface area (Å²) >= 11 is 3.50. The number of nitrogens with one attached hydrogen (secondary N) is 1. The van der Waals surface area contributed by atoms with Gasteiger partial charge < -0.3 is 10.7 Å². The maximum Gasteiger partial charge on any atom is 0.0516 e. The first-order valence-electron chi connectivity index (χ1n) is 4.55. The Morgan fingerprint density at radius 3 is 2.71 bits per heavy atom. The summed E-state index contributed by atoms with van der Waals surface area (Å²) in [6, 6.07) is 6.17. The number of aromatic nitrogens is 1. The zero-order valence-electron chi connectivity index (χ0n) is 8.26. The van der Waals surface area contributed by atoms with E-state index in [1.165, 1.54) is 5.39 Å². The molecule has 1 aromatic heterocycles. The second-order valence-electron chi connectivity index (χ2n) is 4.09. The number of para-hydroxylation sites is 1. The van der Waals surface area contributed by atoms with E-state index in [-0.39, 0.29) is 5.54 Å². The molecule has 0 aliphatic carbocycles. The van der Waals surface area contributed by atoms with Crippen molar-refractivity contribution in [3.8, 4) is 0 Å². The summed E-state index contributed by atoms with van der Waals surface area (Å²) in [6.45, 7) is 4.02. The Balaban J connectivity index is 2.79. The van der Waals surface area contributed by atoms with Gasteiger partial charge in [0.1, 0.15) is 0 Å². The van der Waals surface area contributed by atoms with Crippen LogP contribution in [0, 0.1) is 0 Å². The van der Waals surface area contributed by atoms with Crippen LogP contribution < -0.4 is 5.73 Å². The van der Waals surface area contributed by atoms with Gasteiger partial charge in [-0.25, -0.2) is 0 Å². The van der Waals surface area contributed by atoms with E-state index in [1.54, 1.807) is 0 Å². The lowest BCUT2D eigenvalue weighted by Crippen LogP contribution is -2.28. The molecular weight excluding hydrogens is 240 g/mol. The molecule has 0 saturated heterocycles. The Labute approximate surface area is 91.6 Å². The minimum Gasteiger partial charge on any atom is -0.360 e. The molecule has 0 bridgehead atoms. The molecule has 1 heterocycles. The molecule has 0 atom stereocenters. The van der Waals surface area contributed by atoms with Crippen molar-refractivity contribution in [3.05, 3.63) is 34.4 Å². The molecular formula is C11H13BrN2. The maximum absolute atomic E-state index is 6.10. The van der Waals surface area contributed by atoms with Gasteiger partial charge in [-0.1, -0.05) is 18.2 Å². The topological polar surface area (TPSA) is 41.8 Å². The van der Waals surface area contributed by atoms with Crippen LogP contribution in [0.1, 0.15) is 19.4 Å². The molecule has 14 heavy (non-hydrogen) atoms. The fourth-order valence-corrected chi connectivity index (χ4v) is 2.10. The third-order valence-corrected chi connectivity index (χ3v) is 3.02. The zero-order chi connectivity index (χ0) is 10.3. The fraction of sp³-hybridized carbons (Fsp3) is 0.273. The summed E-state index contributed by atoms with van der Waals surface area (Å²) in [7, 11) is 0. The molecule has 0 fully saturated rings. The lowest BCUT2D eigenvalue weighted by Gasteiger charge is -2.19. The van der Waals surface area contributed by atoms with Crippen molar-refractivity contribution < 1.29 is 0 Å². The predicted molar refractivity (Wildman–Crippen MR) is 63.2 cm³/mol. The first kappa shape index (κ1) is 9.74. The minimum atomic E-state index is -0.316. The molecule has 0 amide bonds. The first-order valence-corrected chi connectivity index (χ1v) is 5.34. The van der Waals surface area contributed by atoms with E-state index in [9.17, 15) is 0 Å². The van der Waals surface area contributed by atoms with Crippen LogP contribution >= 0.6 is 15.9 Å². The summed E-state index contributed by atoms with van der Waals surface area (Å²) in [5.74, 6) is 0. The van der Waals surface area contributed by atoms with Crippen molar-refractivity contribution in [2.75, 3.05) is 0 Å². The molecule has 1 aromatic carbocycles. The number of fused-ring (bicyclic) bond motifs is 1. The maximum atomic E-state index is 6.10. The standard InChI is InChI=1S/C11H13BrN2/c1-11(2,13)8-5-3-4-7-9(12)6-14-10(7)8/h3-6,14H,13H2,1-2H3. The number of rotatable bonds is 1. The van der Waals surface area contributed by atoms with Crippen LogP contribution in [0.5, 0.6) is 0 Å². The van der Waals surface area contributed by atoms with Gasteiger partial charge in [0.2, 0.25) is 0 Å².